The molecular weight excluding hydrogens is 453 g/mol. The first kappa shape index (κ1) is 23.6. The molecule has 0 atom stereocenters. The second-order valence-corrected chi connectivity index (χ2v) is 7.93. The summed E-state index contributed by atoms with van der Waals surface area (Å²) in [4.78, 5) is 34.7. The number of nitrogens with two attached hydrogens (primary N) is 1. The fraction of sp³-hybridized carbons (Fsp3) is 0.167. The maximum atomic E-state index is 13.7. The zero-order valence-electron chi connectivity index (χ0n) is 19.2. The van der Waals surface area contributed by atoms with Gasteiger partial charge in [0, 0.05) is 36.2 Å². The topological polar surface area (TPSA) is 127 Å². The van der Waals surface area contributed by atoms with Gasteiger partial charge in [-0.1, -0.05) is 0 Å². The Morgan fingerprint density at radius 2 is 1.89 bits per heavy atom. The molecule has 180 valence electrons. The number of benzene rings is 2. The van der Waals surface area contributed by atoms with Gasteiger partial charge in [-0.15, -0.1) is 0 Å². The Morgan fingerprint density at radius 1 is 1.11 bits per heavy atom. The third-order valence-electron chi connectivity index (χ3n) is 5.10. The van der Waals surface area contributed by atoms with E-state index < -0.39 is 11.8 Å². The summed E-state index contributed by atoms with van der Waals surface area (Å²) >= 11 is 0. The molecule has 0 unspecified atom stereocenters. The summed E-state index contributed by atoms with van der Waals surface area (Å²) in [7, 11) is 3.80. The SMILES string of the molecule is CN(C)CCOc1cc(F)ccc1NC(=O)Nc1ccc(-n2ccc(=O)c3c(N)ncnc32)cc1. The number of ether oxygens (including phenoxy) is 1. The van der Waals surface area contributed by atoms with Crippen LogP contribution in [0.1, 0.15) is 0 Å². The molecule has 0 fully saturated rings. The summed E-state index contributed by atoms with van der Waals surface area (Å²) in [6.45, 7) is 0.975. The number of pyridine rings is 1. The van der Waals surface area contributed by atoms with Crippen LogP contribution in [0.5, 0.6) is 5.75 Å². The van der Waals surface area contributed by atoms with E-state index in [9.17, 15) is 14.0 Å². The van der Waals surface area contributed by atoms with Crippen molar-refractivity contribution >= 4 is 34.3 Å². The number of hydrogen-bond donors (Lipinski definition) is 3. The van der Waals surface area contributed by atoms with Gasteiger partial charge in [0.15, 0.2) is 11.1 Å². The smallest absolute Gasteiger partial charge is 0.323 e. The monoisotopic (exact) mass is 477 g/mol. The second kappa shape index (κ2) is 10.2. The first-order valence-corrected chi connectivity index (χ1v) is 10.7. The standard InChI is InChI=1S/C24H24FN7O3/c1-31(2)11-12-35-20-13-15(25)3-8-18(20)30-24(34)29-16-4-6-17(7-5-16)32-10-9-19(33)21-22(26)27-14-28-23(21)32/h3-10,13-14H,11-12H2,1-2H3,(H2,26,27,28)(H2,29,30,34). The van der Waals surface area contributed by atoms with E-state index in [0.717, 1.165) is 0 Å². The number of nitrogens with zero attached hydrogens (tertiary/aromatic N) is 4. The lowest BCUT2D eigenvalue weighted by Crippen LogP contribution is -2.22. The zero-order chi connectivity index (χ0) is 24.9. The van der Waals surface area contributed by atoms with Crippen LogP contribution < -0.4 is 26.5 Å². The van der Waals surface area contributed by atoms with Crippen LogP contribution in [0.3, 0.4) is 0 Å². The van der Waals surface area contributed by atoms with Crippen molar-refractivity contribution in [2.24, 2.45) is 0 Å². The van der Waals surface area contributed by atoms with Gasteiger partial charge in [-0.25, -0.2) is 19.2 Å². The van der Waals surface area contributed by atoms with Crippen LogP contribution >= 0.6 is 0 Å². The molecule has 0 aliphatic rings. The highest BCUT2D eigenvalue weighted by molar-refractivity contribution is 6.00. The van der Waals surface area contributed by atoms with Crippen LogP contribution in [0.15, 0.2) is 65.8 Å². The van der Waals surface area contributed by atoms with Crippen LogP contribution in [-0.2, 0) is 0 Å². The van der Waals surface area contributed by atoms with E-state index in [-0.39, 0.29) is 22.4 Å². The average molecular weight is 478 g/mol. The maximum Gasteiger partial charge on any atom is 0.323 e. The molecule has 0 spiro atoms. The van der Waals surface area contributed by atoms with Gasteiger partial charge in [0.25, 0.3) is 0 Å². The van der Waals surface area contributed by atoms with Gasteiger partial charge in [-0.3, -0.25) is 4.79 Å². The van der Waals surface area contributed by atoms with E-state index in [1.165, 1.54) is 30.6 Å². The Morgan fingerprint density at radius 3 is 2.63 bits per heavy atom. The van der Waals surface area contributed by atoms with E-state index in [1.807, 2.05) is 19.0 Å². The van der Waals surface area contributed by atoms with Gasteiger partial charge in [-0.2, -0.15) is 0 Å². The first-order valence-electron chi connectivity index (χ1n) is 10.7. The minimum absolute atomic E-state index is 0.107. The number of halogens is 1. The molecule has 0 aliphatic carbocycles. The molecule has 2 aromatic carbocycles. The molecular formula is C24H24FN7O3. The molecule has 0 saturated heterocycles. The quantitative estimate of drug-likeness (QED) is 0.373. The van der Waals surface area contributed by atoms with E-state index >= 15 is 0 Å². The molecule has 4 N–H and O–H groups in total. The summed E-state index contributed by atoms with van der Waals surface area (Å²) in [6.07, 6.45) is 2.89. The number of carbonyl (C=O) groups excluding carboxylic acids is 1. The van der Waals surface area contributed by atoms with E-state index in [4.69, 9.17) is 10.5 Å². The second-order valence-electron chi connectivity index (χ2n) is 7.93. The highest BCUT2D eigenvalue weighted by Gasteiger charge is 2.12. The Hall–Kier alpha value is -4.51. The van der Waals surface area contributed by atoms with Crippen LogP contribution in [0.2, 0.25) is 0 Å². The molecule has 0 radical (unpaired) electrons. The first-order chi connectivity index (χ1) is 16.8. The number of aromatic nitrogens is 3. The van der Waals surface area contributed by atoms with Crippen LogP contribution in [0.4, 0.5) is 26.4 Å². The summed E-state index contributed by atoms with van der Waals surface area (Å²) in [5.41, 5.74) is 7.53. The lowest BCUT2D eigenvalue weighted by molar-refractivity contribution is 0.258. The van der Waals surface area contributed by atoms with Crippen LogP contribution in [-0.4, -0.2) is 52.7 Å². The Kier molecular flexibility index (Phi) is 6.88. The van der Waals surface area contributed by atoms with Crippen molar-refractivity contribution in [1.82, 2.24) is 19.4 Å². The number of hydrogen-bond acceptors (Lipinski definition) is 7. The molecule has 4 rings (SSSR count). The summed E-state index contributed by atoms with van der Waals surface area (Å²) in [6, 6.07) is 11.7. The third kappa shape index (κ3) is 5.53. The van der Waals surface area contributed by atoms with Crippen LogP contribution in [0.25, 0.3) is 16.7 Å². The number of nitrogen functional groups attached to an aromatic ring is 1. The molecule has 10 nitrogen and oxygen atoms in total. The maximum absolute atomic E-state index is 13.7. The van der Waals surface area contributed by atoms with E-state index in [2.05, 4.69) is 20.6 Å². The Balaban J connectivity index is 1.48. The lowest BCUT2D eigenvalue weighted by Gasteiger charge is -2.15. The average Bonchev–Trinajstić information content (AvgIpc) is 2.81. The molecule has 2 amide bonds. The highest BCUT2D eigenvalue weighted by Crippen LogP contribution is 2.26. The molecule has 4 aromatic rings. The summed E-state index contributed by atoms with van der Waals surface area (Å²) in [5, 5.41) is 5.65. The largest absolute Gasteiger partial charge is 0.490 e. The van der Waals surface area contributed by atoms with Gasteiger partial charge in [-0.05, 0) is 50.5 Å². The van der Waals surface area contributed by atoms with Gasteiger partial charge < -0.3 is 30.6 Å². The van der Waals surface area contributed by atoms with Gasteiger partial charge >= 0.3 is 6.03 Å². The number of nitrogens with one attached hydrogen (secondary N) is 2. The Labute approximate surface area is 200 Å². The van der Waals surface area contributed by atoms with Gasteiger partial charge in [0.1, 0.15) is 35.7 Å². The number of urea groups is 1. The van der Waals surface area contributed by atoms with E-state index in [0.29, 0.717) is 35.9 Å². The van der Waals surface area contributed by atoms with Gasteiger partial charge in [0.05, 0.1) is 5.69 Å². The summed E-state index contributed by atoms with van der Waals surface area (Å²) in [5.74, 6) is -0.118. The highest BCUT2D eigenvalue weighted by atomic mass is 19.1. The number of amides is 2. The van der Waals surface area contributed by atoms with Crippen molar-refractivity contribution in [2.45, 2.75) is 0 Å². The molecule has 0 bridgehead atoms. The van der Waals surface area contributed by atoms with Crippen molar-refractivity contribution in [3.05, 3.63) is 77.1 Å². The molecule has 2 aromatic heterocycles. The Bertz CT molecular complexity index is 1420. The minimum Gasteiger partial charge on any atom is -0.490 e. The predicted octanol–water partition coefficient (Wildman–Crippen LogP) is 3.09. The third-order valence-corrected chi connectivity index (χ3v) is 5.10. The molecule has 35 heavy (non-hydrogen) atoms. The normalized spacial score (nSPS) is 11.0. The fourth-order valence-corrected chi connectivity index (χ4v) is 3.36. The van der Waals surface area contributed by atoms with E-state index in [1.54, 1.807) is 35.0 Å². The lowest BCUT2D eigenvalue weighted by atomic mass is 10.2. The zero-order valence-corrected chi connectivity index (χ0v) is 19.2. The molecule has 0 aliphatic heterocycles. The van der Waals surface area contributed by atoms with Crippen molar-refractivity contribution < 1.29 is 13.9 Å². The molecule has 11 heteroatoms. The number of carbonyl (C=O) groups is 1. The number of fused-ring (bicyclic) bond motifs is 1. The van der Waals surface area contributed by atoms with Crippen molar-refractivity contribution in [3.8, 4) is 11.4 Å². The molecule has 2 heterocycles. The summed E-state index contributed by atoms with van der Waals surface area (Å²) < 4.78 is 21.0. The van der Waals surface area contributed by atoms with Crippen molar-refractivity contribution in [1.29, 1.82) is 0 Å². The van der Waals surface area contributed by atoms with Gasteiger partial charge in [0.2, 0.25) is 0 Å². The van der Waals surface area contributed by atoms with Crippen molar-refractivity contribution in [2.75, 3.05) is 43.6 Å². The minimum atomic E-state index is -0.517. The van der Waals surface area contributed by atoms with Crippen LogP contribution in [0, 0.1) is 5.82 Å². The van der Waals surface area contributed by atoms with Crippen molar-refractivity contribution in [3.63, 3.8) is 0 Å². The number of likely N-dealkylation sites (N-methyl/N-ethyl adjacent to an activating group) is 1. The fourth-order valence-electron chi connectivity index (χ4n) is 3.36. The predicted molar refractivity (Wildman–Crippen MR) is 133 cm³/mol. The number of rotatable bonds is 7. The molecule has 0 saturated carbocycles. The number of anilines is 3.